The number of H-pyrrole nitrogens is 4. The summed E-state index contributed by atoms with van der Waals surface area (Å²) in [7, 11) is -3.54. The molecule has 0 amide bonds. The summed E-state index contributed by atoms with van der Waals surface area (Å²) < 4.78 is 56.5. The first-order valence-corrected chi connectivity index (χ1v) is 29.2. The smallest absolute Gasteiger partial charge is 0.209 e. The second-order valence-corrected chi connectivity index (χ2v) is 23.2. The van der Waals surface area contributed by atoms with E-state index in [-0.39, 0.29) is 24.3 Å². The minimum atomic E-state index is -3.54. The van der Waals surface area contributed by atoms with Crippen LogP contribution in [0.3, 0.4) is 0 Å². The lowest BCUT2D eigenvalue weighted by atomic mass is 9.80. The van der Waals surface area contributed by atoms with Crippen molar-refractivity contribution in [2.24, 2.45) is 0 Å². The van der Waals surface area contributed by atoms with E-state index >= 15 is 4.39 Å². The molecule has 0 bridgehead atoms. The Kier molecular flexibility index (Phi) is 13.1. The number of hydrogen-bond donors (Lipinski definition) is 7. The standard InChI is InChI=1S/C61H54F2N16O2S/c1-82(80,81)69-27-34-17-38(21-44(63)19-34)49-12-11-48(54-55(49)74-61(73-54)57-51-24-41(30-67-59(51)78-76-57)39-18-35(26-65-28-39)33-79-15-13-64-14-16-79)37-6-3-8-45(22-37)70-46-23-40(29-66-32-46)42-25-50-56(75-77-58(50)68-31-42)60-71-52-10-4-9-47(53(52)72-60)36-5-2-7-43(62)20-36/h2,4-5,7,9-12,17-21,23-26,28-32,37,45,64,69-70H,3,6,8,13-16,22,27,33H2,1H3,(H,71,72)(H,73,74)(H,67,76,78)(H,68,75,77). The highest BCUT2D eigenvalue weighted by Gasteiger charge is 2.28. The average molecular weight is 1110 g/mol. The number of benzene rings is 4. The van der Waals surface area contributed by atoms with Gasteiger partial charge in [0.2, 0.25) is 10.0 Å². The third kappa shape index (κ3) is 10.2. The van der Waals surface area contributed by atoms with Gasteiger partial charge < -0.3 is 20.6 Å². The highest BCUT2D eigenvalue weighted by molar-refractivity contribution is 7.88. The lowest BCUT2D eigenvalue weighted by Crippen LogP contribution is -2.42. The fraction of sp³-hybridized carbons (Fsp3) is 0.213. The number of aromatic amines is 4. The van der Waals surface area contributed by atoms with Gasteiger partial charge in [0.15, 0.2) is 22.9 Å². The van der Waals surface area contributed by atoms with Crippen molar-refractivity contribution in [1.29, 1.82) is 0 Å². The van der Waals surface area contributed by atoms with Crippen LogP contribution in [-0.2, 0) is 23.1 Å². The summed E-state index contributed by atoms with van der Waals surface area (Å²) >= 11 is 0. The van der Waals surface area contributed by atoms with Crippen LogP contribution < -0.4 is 15.4 Å². The van der Waals surface area contributed by atoms with E-state index in [4.69, 9.17) is 25.0 Å². The number of nitrogens with one attached hydrogen (secondary N) is 7. The Morgan fingerprint density at radius 3 is 2.10 bits per heavy atom. The van der Waals surface area contributed by atoms with Crippen molar-refractivity contribution in [2.75, 3.05) is 37.8 Å². The molecule has 0 radical (unpaired) electrons. The van der Waals surface area contributed by atoms with Crippen LogP contribution in [0, 0.1) is 11.6 Å². The maximum absolute atomic E-state index is 15.5. The molecule has 18 nitrogen and oxygen atoms in total. The highest BCUT2D eigenvalue weighted by atomic mass is 32.2. The third-order valence-corrected chi connectivity index (χ3v) is 16.4. The van der Waals surface area contributed by atoms with Gasteiger partial charge in [-0.25, -0.2) is 41.9 Å². The number of fused-ring (bicyclic) bond motifs is 4. The number of pyridine rings is 4. The molecule has 9 heterocycles. The molecule has 1 saturated heterocycles. The minimum absolute atomic E-state index is 0.0721. The summed E-state index contributed by atoms with van der Waals surface area (Å²) in [5.74, 6) is 0.368. The van der Waals surface area contributed by atoms with Gasteiger partial charge in [-0.15, -0.1) is 0 Å². The van der Waals surface area contributed by atoms with Crippen LogP contribution >= 0.6 is 0 Å². The van der Waals surface area contributed by atoms with Crippen LogP contribution in [0.5, 0.6) is 0 Å². The Morgan fingerprint density at radius 1 is 0.646 bits per heavy atom. The summed E-state index contributed by atoms with van der Waals surface area (Å²) in [6, 6.07) is 29.4. The molecule has 14 rings (SSSR count). The molecule has 2 aliphatic rings. The molecule has 1 aliphatic carbocycles. The molecule has 82 heavy (non-hydrogen) atoms. The SMILES string of the molecule is CS(=O)(=O)NCc1cc(F)cc(-c2ccc(C3CCCC(Nc4cncc(-c5cnc6[nH]nc(-c7nc8c(-c9cccc(F)c9)cccc8[nH]7)c6c5)c4)C3)c3[nH]c(-c4n[nH]c5ncc(-c6cncc(CN7CCNCC7)c6)cc45)nc23)c1. The summed E-state index contributed by atoms with van der Waals surface area (Å²) in [5, 5.41) is 24.4. The molecule has 2 fully saturated rings. The van der Waals surface area contributed by atoms with Gasteiger partial charge >= 0.3 is 0 Å². The molecular formula is C61H54F2N16O2S. The van der Waals surface area contributed by atoms with Crippen LogP contribution in [0.15, 0.2) is 134 Å². The number of para-hydroxylation sites is 1. The predicted octanol–water partition coefficient (Wildman–Crippen LogP) is 10.6. The molecule has 1 aliphatic heterocycles. The van der Waals surface area contributed by atoms with Crippen LogP contribution in [0.2, 0.25) is 0 Å². The van der Waals surface area contributed by atoms with Crippen molar-refractivity contribution in [3.8, 4) is 67.5 Å². The Morgan fingerprint density at radius 2 is 1.33 bits per heavy atom. The van der Waals surface area contributed by atoms with E-state index in [1.807, 2.05) is 67.4 Å². The zero-order valence-corrected chi connectivity index (χ0v) is 45.2. The first-order valence-electron chi connectivity index (χ1n) is 27.3. The fourth-order valence-electron chi connectivity index (χ4n) is 11.8. The van der Waals surface area contributed by atoms with Crippen molar-refractivity contribution in [1.82, 2.24) is 75.2 Å². The average Bonchev–Trinajstić information content (AvgIpc) is 3.53. The van der Waals surface area contributed by atoms with E-state index < -0.39 is 15.8 Å². The number of anilines is 1. The summed E-state index contributed by atoms with van der Waals surface area (Å²) in [4.78, 5) is 38.6. The molecule has 7 N–H and O–H groups in total. The molecule has 12 aromatic rings. The maximum atomic E-state index is 15.5. The third-order valence-electron chi connectivity index (χ3n) is 15.7. The fourth-order valence-corrected chi connectivity index (χ4v) is 12.2. The van der Waals surface area contributed by atoms with Crippen LogP contribution in [0.1, 0.15) is 48.3 Å². The molecule has 2 atom stereocenters. The van der Waals surface area contributed by atoms with Crippen molar-refractivity contribution >= 4 is 59.8 Å². The Labute approximate surface area is 468 Å². The molecule has 4 aromatic carbocycles. The van der Waals surface area contributed by atoms with Gasteiger partial charge in [-0.05, 0) is 114 Å². The molecule has 21 heteroatoms. The molecular weight excluding hydrogens is 1060 g/mol. The lowest BCUT2D eigenvalue weighted by Gasteiger charge is -2.31. The van der Waals surface area contributed by atoms with Crippen molar-refractivity contribution in [3.05, 3.63) is 163 Å². The van der Waals surface area contributed by atoms with E-state index in [1.54, 1.807) is 18.3 Å². The monoisotopic (exact) mass is 1110 g/mol. The van der Waals surface area contributed by atoms with Crippen LogP contribution in [-0.4, -0.2) is 112 Å². The van der Waals surface area contributed by atoms with E-state index in [2.05, 4.69) is 79.8 Å². The first kappa shape index (κ1) is 51.0. The second kappa shape index (κ2) is 21.1. The lowest BCUT2D eigenvalue weighted by molar-refractivity contribution is 0.233. The van der Waals surface area contributed by atoms with Crippen molar-refractivity contribution in [3.63, 3.8) is 0 Å². The number of piperazine rings is 1. The maximum Gasteiger partial charge on any atom is 0.209 e. The molecule has 2 unspecified atom stereocenters. The van der Waals surface area contributed by atoms with E-state index in [0.717, 1.165) is 137 Å². The Balaban J connectivity index is 0.767. The number of hydrogen-bond acceptors (Lipinski definition) is 13. The Hall–Kier alpha value is -9.15. The van der Waals surface area contributed by atoms with Crippen LogP contribution in [0.25, 0.3) is 112 Å². The molecule has 1 saturated carbocycles. The summed E-state index contributed by atoms with van der Waals surface area (Å²) in [6.45, 7) is 4.62. The normalized spacial score (nSPS) is 16.2. The zero-order valence-electron chi connectivity index (χ0n) is 44.4. The van der Waals surface area contributed by atoms with E-state index in [1.165, 1.54) is 24.3 Å². The highest BCUT2D eigenvalue weighted by Crippen LogP contribution is 2.42. The minimum Gasteiger partial charge on any atom is -0.381 e. The Bertz CT molecular complexity index is 4530. The predicted molar refractivity (Wildman–Crippen MR) is 314 cm³/mol. The quantitative estimate of drug-likeness (QED) is 0.0537. The second-order valence-electron chi connectivity index (χ2n) is 21.4. The van der Waals surface area contributed by atoms with Gasteiger partial charge in [-0.1, -0.05) is 42.8 Å². The van der Waals surface area contributed by atoms with Gasteiger partial charge in [-0.2, -0.15) is 10.2 Å². The van der Waals surface area contributed by atoms with E-state index in [9.17, 15) is 12.8 Å². The summed E-state index contributed by atoms with van der Waals surface area (Å²) in [5.41, 5.74) is 15.2. The van der Waals surface area contributed by atoms with Crippen molar-refractivity contribution < 1.29 is 17.2 Å². The number of sulfonamides is 1. The summed E-state index contributed by atoms with van der Waals surface area (Å²) in [6.07, 6.45) is 15.8. The number of halogens is 2. The topological polar surface area (TPSA) is 240 Å². The van der Waals surface area contributed by atoms with Gasteiger partial charge in [-0.3, -0.25) is 25.1 Å². The number of imidazole rings is 2. The van der Waals surface area contributed by atoms with Gasteiger partial charge in [0.05, 0.1) is 44.8 Å². The first-order chi connectivity index (χ1) is 40.0. The molecule has 0 spiro atoms. The van der Waals surface area contributed by atoms with Gasteiger partial charge in [0, 0.05) is 116 Å². The molecule has 410 valence electrons. The molecule has 8 aromatic heterocycles. The number of aromatic nitrogens is 12. The van der Waals surface area contributed by atoms with Gasteiger partial charge in [0.1, 0.15) is 23.0 Å². The van der Waals surface area contributed by atoms with E-state index in [0.29, 0.717) is 62.1 Å². The largest absolute Gasteiger partial charge is 0.381 e. The number of rotatable bonds is 14. The van der Waals surface area contributed by atoms with Crippen molar-refractivity contribution in [2.45, 2.75) is 50.7 Å². The van der Waals surface area contributed by atoms with Crippen LogP contribution in [0.4, 0.5) is 14.5 Å². The number of nitrogens with zero attached hydrogens (tertiary/aromatic N) is 9. The van der Waals surface area contributed by atoms with Gasteiger partial charge in [0.25, 0.3) is 0 Å². The zero-order chi connectivity index (χ0) is 55.5.